The van der Waals surface area contributed by atoms with Crippen molar-refractivity contribution in [1.82, 2.24) is 0 Å². The summed E-state index contributed by atoms with van der Waals surface area (Å²) in [5.74, 6) is 0. The second kappa shape index (κ2) is 48.4. The van der Waals surface area contributed by atoms with E-state index in [4.69, 9.17) is 15.3 Å². The van der Waals surface area contributed by atoms with Gasteiger partial charge in [-0.1, -0.05) is 160 Å². The molecule has 0 unspecified atom stereocenters. The molecule has 6 nitrogen and oxygen atoms in total. The van der Waals surface area contributed by atoms with E-state index in [9.17, 15) is 0 Å². The average Bonchev–Trinajstić information content (AvgIpc) is 3.25. The molecule has 0 aromatic heterocycles. The Kier molecular flexibility index (Phi) is 53.9. The first-order valence-corrected chi connectivity index (χ1v) is 26.0. The minimum atomic E-state index is -0.954. The SMILES string of the molecule is CCCC[N+](CCCC)(CCCC)CCCC.CCCC[N+](CCCC)(CCCC)CCCC.CCCC[N+](CCCC)(CCCC)CCCC.OCC(O)CO. The van der Waals surface area contributed by atoms with E-state index >= 15 is 0 Å². The van der Waals surface area contributed by atoms with Crippen molar-refractivity contribution >= 4 is 0 Å². The first-order valence-electron chi connectivity index (χ1n) is 26.0. The van der Waals surface area contributed by atoms with Crippen LogP contribution in [0.3, 0.4) is 0 Å². The van der Waals surface area contributed by atoms with Gasteiger partial charge in [0.15, 0.2) is 0 Å². The fourth-order valence-corrected chi connectivity index (χ4v) is 7.99. The van der Waals surface area contributed by atoms with Crippen LogP contribution in [0.25, 0.3) is 0 Å². The molecule has 0 bridgehead atoms. The molecular weight excluding hydrogens is 703 g/mol. The number of hydrogen-bond acceptors (Lipinski definition) is 3. The minimum absolute atomic E-state index is 0.365. The predicted molar refractivity (Wildman–Crippen MR) is 258 cm³/mol. The summed E-state index contributed by atoms with van der Waals surface area (Å²) in [5.41, 5.74) is 0. The number of quaternary nitrogens is 3. The number of aliphatic hydroxyl groups is 3. The number of nitrogens with zero attached hydrogens (tertiary/aromatic N) is 3. The summed E-state index contributed by atoms with van der Waals surface area (Å²) in [7, 11) is 0. The molecule has 0 aromatic rings. The van der Waals surface area contributed by atoms with Crippen molar-refractivity contribution in [2.45, 2.75) is 243 Å². The van der Waals surface area contributed by atoms with Gasteiger partial charge in [-0.2, -0.15) is 0 Å². The highest BCUT2D eigenvalue weighted by molar-refractivity contribution is 4.52. The normalized spacial score (nSPS) is 11.8. The topological polar surface area (TPSA) is 60.7 Å². The van der Waals surface area contributed by atoms with E-state index in [1.54, 1.807) is 0 Å². The molecule has 0 aliphatic carbocycles. The molecule has 0 heterocycles. The minimum Gasteiger partial charge on any atom is -0.394 e. The van der Waals surface area contributed by atoms with Crippen LogP contribution in [0.5, 0.6) is 0 Å². The number of aliphatic hydroxyl groups excluding tert-OH is 3. The second-order valence-electron chi connectivity index (χ2n) is 18.0. The molecule has 6 heteroatoms. The largest absolute Gasteiger partial charge is 0.394 e. The zero-order valence-corrected chi connectivity index (χ0v) is 42.1. The average molecular weight is 820 g/mol. The van der Waals surface area contributed by atoms with Crippen LogP contribution >= 0.6 is 0 Å². The van der Waals surface area contributed by atoms with Crippen LogP contribution in [0.1, 0.15) is 237 Å². The lowest BCUT2D eigenvalue weighted by atomic mass is 10.1. The third-order valence-corrected chi connectivity index (χ3v) is 12.3. The zero-order valence-electron chi connectivity index (χ0n) is 42.1. The molecule has 0 rings (SSSR count). The van der Waals surface area contributed by atoms with Gasteiger partial charge < -0.3 is 28.8 Å². The van der Waals surface area contributed by atoms with Crippen molar-refractivity contribution in [1.29, 1.82) is 0 Å². The van der Waals surface area contributed by atoms with E-state index in [0.717, 1.165) is 0 Å². The van der Waals surface area contributed by atoms with Crippen molar-refractivity contribution in [3.05, 3.63) is 0 Å². The lowest BCUT2D eigenvalue weighted by Gasteiger charge is -2.39. The Balaban J connectivity index is -0.000000344. The van der Waals surface area contributed by atoms with E-state index in [0.29, 0.717) is 0 Å². The second-order valence-corrected chi connectivity index (χ2v) is 18.0. The molecule has 0 aliphatic heterocycles. The van der Waals surface area contributed by atoms with Crippen molar-refractivity contribution in [2.24, 2.45) is 0 Å². The van der Waals surface area contributed by atoms with Crippen LogP contribution in [0.15, 0.2) is 0 Å². The molecule has 350 valence electrons. The van der Waals surface area contributed by atoms with E-state index < -0.39 is 6.10 Å². The van der Waals surface area contributed by atoms with E-state index in [2.05, 4.69) is 83.1 Å². The van der Waals surface area contributed by atoms with Crippen LogP contribution in [0.4, 0.5) is 0 Å². The molecular formula is C51H116N3O3+3. The Bertz CT molecular complexity index is 520. The highest BCUT2D eigenvalue weighted by atomic mass is 16.3. The molecule has 0 spiro atoms. The molecule has 0 aliphatic rings. The van der Waals surface area contributed by atoms with Gasteiger partial charge in [-0.15, -0.1) is 0 Å². The van der Waals surface area contributed by atoms with Crippen LogP contribution in [-0.2, 0) is 0 Å². The maximum atomic E-state index is 8.17. The van der Waals surface area contributed by atoms with Gasteiger partial charge in [0.2, 0.25) is 0 Å². The summed E-state index contributed by atoms with van der Waals surface area (Å²) < 4.78 is 4.26. The quantitative estimate of drug-likeness (QED) is 0.0544. The molecule has 0 fully saturated rings. The predicted octanol–water partition coefficient (Wildman–Crippen LogP) is 13.3. The molecule has 0 saturated heterocycles. The maximum absolute atomic E-state index is 8.17. The van der Waals surface area contributed by atoms with Gasteiger partial charge >= 0.3 is 0 Å². The Labute approximate surface area is 362 Å². The highest BCUT2D eigenvalue weighted by Crippen LogP contribution is 2.19. The number of unbranched alkanes of at least 4 members (excludes halogenated alkanes) is 12. The molecule has 0 radical (unpaired) electrons. The summed E-state index contributed by atoms with van der Waals surface area (Å²) in [6.07, 6.45) is 32.2. The standard InChI is InChI=1S/3C16H36N.C3H8O3/c3*1-5-9-13-17(14-10-6-2,15-11-7-3)16-12-8-4;4-1-3(6)2-5/h3*5-16H2,1-4H3;3-6H,1-2H2/q3*+1;. The summed E-state index contributed by atoms with van der Waals surface area (Å²) in [5, 5.41) is 24.0. The summed E-state index contributed by atoms with van der Waals surface area (Å²) in [6, 6.07) is 0. The Morgan fingerprint density at radius 1 is 0.246 bits per heavy atom. The van der Waals surface area contributed by atoms with Crippen molar-refractivity contribution in [2.75, 3.05) is 91.8 Å². The smallest absolute Gasteiger partial charge is 0.100 e. The summed E-state index contributed by atoms with van der Waals surface area (Å²) >= 11 is 0. The van der Waals surface area contributed by atoms with Crippen molar-refractivity contribution in [3.63, 3.8) is 0 Å². The summed E-state index contributed by atoms with van der Waals surface area (Å²) in [4.78, 5) is 0. The first-order chi connectivity index (χ1) is 27.5. The van der Waals surface area contributed by atoms with Crippen molar-refractivity contribution < 1.29 is 28.8 Å². The lowest BCUT2D eigenvalue weighted by Crippen LogP contribution is -2.50. The molecule has 57 heavy (non-hydrogen) atoms. The zero-order chi connectivity index (χ0) is 43.9. The van der Waals surface area contributed by atoms with Gasteiger partial charge in [0, 0.05) is 0 Å². The van der Waals surface area contributed by atoms with Gasteiger partial charge in [-0.3, -0.25) is 0 Å². The molecule has 0 saturated carbocycles. The Hall–Kier alpha value is -0.240. The Morgan fingerprint density at radius 2 is 0.351 bits per heavy atom. The fourth-order valence-electron chi connectivity index (χ4n) is 7.99. The number of hydrogen-bond donors (Lipinski definition) is 3. The van der Waals surface area contributed by atoms with Crippen LogP contribution in [-0.4, -0.2) is 127 Å². The fraction of sp³-hybridized carbons (Fsp3) is 1.00. The lowest BCUT2D eigenvalue weighted by molar-refractivity contribution is -0.929. The summed E-state index contributed by atoms with van der Waals surface area (Å²) in [6.45, 7) is 44.3. The molecule has 0 atom stereocenters. The van der Waals surface area contributed by atoms with Gasteiger partial charge in [0.25, 0.3) is 0 Å². The van der Waals surface area contributed by atoms with Gasteiger partial charge in [0.1, 0.15) is 6.10 Å². The van der Waals surface area contributed by atoms with Crippen LogP contribution in [0, 0.1) is 0 Å². The molecule has 0 amide bonds. The van der Waals surface area contributed by atoms with E-state index in [1.165, 1.54) is 246 Å². The number of rotatable bonds is 38. The highest BCUT2D eigenvalue weighted by Gasteiger charge is 2.27. The Morgan fingerprint density at radius 3 is 0.404 bits per heavy atom. The van der Waals surface area contributed by atoms with Gasteiger partial charge in [-0.05, 0) is 77.0 Å². The van der Waals surface area contributed by atoms with E-state index in [1.807, 2.05) is 0 Å². The van der Waals surface area contributed by atoms with Gasteiger partial charge in [0.05, 0.1) is 91.8 Å². The van der Waals surface area contributed by atoms with Gasteiger partial charge in [-0.25, -0.2) is 0 Å². The monoisotopic (exact) mass is 819 g/mol. The molecule has 3 N–H and O–H groups in total. The first kappa shape index (κ1) is 63.4. The van der Waals surface area contributed by atoms with Crippen molar-refractivity contribution in [3.8, 4) is 0 Å². The third kappa shape index (κ3) is 39.6. The van der Waals surface area contributed by atoms with Crippen LogP contribution < -0.4 is 0 Å². The molecule has 0 aromatic carbocycles. The van der Waals surface area contributed by atoms with E-state index in [-0.39, 0.29) is 13.2 Å². The van der Waals surface area contributed by atoms with Crippen LogP contribution in [0.2, 0.25) is 0 Å². The maximum Gasteiger partial charge on any atom is 0.100 e. The third-order valence-electron chi connectivity index (χ3n) is 12.3.